The Morgan fingerprint density at radius 3 is 1.88 bits per heavy atom. The average Bonchev–Trinajstić information content (AvgIpc) is 3.25. The highest BCUT2D eigenvalue weighted by Crippen LogP contribution is 2.36. The van der Waals surface area contributed by atoms with Crippen molar-refractivity contribution >= 4 is 29.8 Å². The SMILES string of the molecule is COC(/C=C/CCCCCCCCCCCC[C@@H](O[C@@H]1O[C@H](COC(C)=O)[C@H](OC(C)=O)[C@H](OC(C)=O)[C@H]1OC(C)=O)[C@@H](C)NC(C)=O)CCCCCCCC1NCCc2cc(O)c(O)cc21. The van der Waals surface area contributed by atoms with E-state index in [0.717, 1.165) is 102 Å². The summed E-state index contributed by atoms with van der Waals surface area (Å²) in [6, 6.07) is 3.19. The molecule has 1 amide bonds. The number of unbranched alkanes of at least 4 members (excludes halogenated alkanes) is 14. The van der Waals surface area contributed by atoms with Crippen LogP contribution in [0.15, 0.2) is 24.3 Å². The van der Waals surface area contributed by atoms with Gasteiger partial charge >= 0.3 is 23.9 Å². The number of benzene rings is 1. The van der Waals surface area contributed by atoms with E-state index >= 15 is 0 Å². The summed E-state index contributed by atoms with van der Waals surface area (Å²) in [6.07, 6.45) is 19.0. The fourth-order valence-corrected chi connectivity index (χ4v) is 9.03. The zero-order chi connectivity index (χ0) is 49.1. The summed E-state index contributed by atoms with van der Waals surface area (Å²) in [5.74, 6) is -3.12. The number of rotatable bonds is 32. The van der Waals surface area contributed by atoms with Gasteiger partial charge in [0.15, 0.2) is 36.1 Å². The molecule has 2 aliphatic rings. The van der Waals surface area contributed by atoms with Crippen molar-refractivity contribution in [3.05, 3.63) is 35.4 Å². The van der Waals surface area contributed by atoms with Gasteiger partial charge in [0.1, 0.15) is 12.7 Å². The van der Waals surface area contributed by atoms with Crippen molar-refractivity contribution in [2.45, 2.75) is 225 Å². The highest BCUT2D eigenvalue weighted by atomic mass is 16.7. The van der Waals surface area contributed by atoms with Gasteiger partial charge in [-0.05, 0) is 75.3 Å². The first-order valence-electron chi connectivity index (χ1n) is 24.8. The number of hydrogen-bond acceptors (Lipinski definition) is 15. The average molecular weight is 947 g/mol. The van der Waals surface area contributed by atoms with Crippen LogP contribution in [0.3, 0.4) is 0 Å². The first kappa shape index (κ1) is 57.1. The first-order valence-corrected chi connectivity index (χ1v) is 24.8. The fraction of sp³-hybridized carbons (Fsp3) is 0.745. The van der Waals surface area contributed by atoms with Crippen molar-refractivity contribution in [2.24, 2.45) is 0 Å². The summed E-state index contributed by atoms with van der Waals surface area (Å²) in [4.78, 5) is 60.5. The van der Waals surface area contributed by atoms with Crippen molar-refractivity contribution < 1.29 is 67.3 Å². The van der Waals surface area contributed by atoms with Gasteiger partial charge in [-0.15, -0.1) is 0 Å². The second kappa shape index (κ2) is 31.7. The molecule has 1 aromatic carbocycles. The molecule has 16 heteroatoms. The van der Waals surface area contributed by atoms with Crippen LogP contribution in [-0.4, -0.2) is 109 Å². The second-order valence-electron chi connectivity index (χ2n) is 18.2. The van der Waals surface area contributed by atoms with Gasteiger partial charge in [-0.1, -0.05) is 102 Å². The van der Waals surface area contributed by atoms with Gasteiger partial charge in [-0.25, -0.2) is 0 Å². The van der Waals surface area contributed by atoms with E-state index < -0.39 is 66.7 Å². The molecule has 3 rings (SSSR count). The number of hydrogen-bond donors (Lipinski definition) is 4. The molecule has 0 radical (unpaired) electrons. The van der Waals surface area contributed by atoms with Crippen LogP contribution in [0, 0.1) is 0 Å². The van der Waals surface area contributed by atoms with Crippen molar-refractivity contribution in [3.63, 3.8) is 0 Å². The lowest BCUT2D eigenvalue weighted by Crippen LogP contribution is -2.63. The standard InChI is InChI=1S/C51H82N2O14/c1-34(53-35(2)54)46(66-51-50(65-39(6)58)49(64-38(5)57)48(63-37(4)56)47(67-51)33-62-36(3)55)28-24-20-15-13-11-9-8-10-12-14-17-21-25-41(61-7)26-22-18-16-19-23-27-43-42-32-45(60)44(59)31-40(42)29-30-52-43/h21,25,31-32,34,41,43,46-52,59-60H,8-20,22-24,26-30,33H2,1-7H3,(H,53,54)/b25-21+/t34-,41?,43?,46-,47-,48+,49+,50-,51-/m1/s1. The zero-order valence-electron chi connectivity index (χ0n) is 41.4. The number of nitrogens with one attached hydrogen (secondary N) is 2. The summed E-state index contributed by atoms with van der Waals surface area (Å²) < 4.78 is 40.1. The van der Waals surface area contributed by atoms with Gasteiger partial charge in [0.25, 0.3) is 0 Å². The normalized spacial score (nSPS) is 21.7. The minimum Gasteiger partial charge on any atom is -0.504 e. The molecule has 2 unspecified atom stereocenters. The lowest BCUT2D eigenvalue weighted by atomic mass is 9.90. The number of esters is 4. The Kier molecular flexibility index (Phi) is 27.0. The lowest BCUT2D eigenvalue weighted by Gasteiger charge is -2.45. The van der Waals surface area contributed by atoms with Crippen molar-refractivity contribution in [3.8, 4) is 11.5 Å². The quantitative estimate of drug-likeness (QED) is 0.0176. The Labute approximate surface area is 398 Å². The van der Waals surface area contributed by atoms with E-state index in [9.17, 15) is 34.2 Å². The Morgan fingerprint density at radius 1 is 0.731 bits per heavy atom. The number of ether oxygens (including phenoxy) is 7. The van der Waals surface area contributed by atoms with E-state index in [2.05, 4.69) is 22.8 Å². The van der Waals surface area contributed by atoms with Crippen LogP contribution >= 0.6 is 0 Å². The van der Waals surface area contributed by atoms with Crippen LogP contribution in [0.2, 0.25) is 0 Å². The number of carbonyl (C=O) groups is 5. The van der Waals surface area contributed by atoms with Crippen LogP contribution in [0.25, 0.3) is 0 Å². The summed E-state index contributed by atoms with van der Waals surface area (Å²) in [5, 5.41) is 26.3. The van der Waals surface area contributed by atoms with Gasteiger partial charge in [-0.3, -0.25) is 24.0 Å². The predicted molar refractivity (Wildman–Crippen MR) is 252 cm³/mol. The maximum absolute atomic E-state index is 12.3. The molecular weight excluding hydrogens is 865 g/mol. The molecule has 1 aromatic rings. The molecule has 4 N–H and O–H groups in total. The molecule has 9 atom stereocenters. The largest absolute Gasteiger partial charge is 0.504 e. The molecule has 0 spiro atoms. The summed E-state index contributed by atoms with van der Waals surface area (Å²) >= 11 is 0. The highest BCUT2D eigenvalue weighted by molar-refractivity contribution is 5.73. The molecule has 1 fully saturated rings. The number of aromatic hydroxyl groups is 2. The fourth-order valence-electron chi connectivity index (χ4n) is 9.03. The Bertz CT molecular complexity index is 1690. The van der Waals surface area contributed by atoms with E-state index in [1.165, 1.54) is 72.1 Å². The first-order chi connectivity index (χ1) is 32.1. The minimum absolute atomic E-state index is 0.0349. The Morgan fingerprint density at radius 2 is 1.28 bits per heavy atom. The molecule has 1 saturated heterocycles. The number of phenolic OH excluding ortho intramolecular Hbond substituents is 2. The summed E-state index contributed by atoms with van der Waals surface area (Å²) in [7, 11) is 1.79. The van der Waals surface area contributed by atoms with Crippen molar-refractivity contribution in [2.75, 3.05) is 20.3 Å². The van der Waals surface area contributed by atoms with Crippen LogP contribution < -0.4 is 10.6 Å². The van der Waals surface area contributed by atoms with E-state index in [1.54, 1.807) is 26.2 Å². The molecule has 16 nitrogen and oxygen atoms in total. The lowest BCUT2D eigenvalue weighted by molar-refractivity contribution is -0.318. The van der Waals surface area contributed by atoms with Crippen LogP contribution in [0.4, 0.5) is 0 Å². The molecule has 2 heterocycles. The number of fused-ring (bicyclic) bond motifs is 1. The van der Waals surface area contributed by atoms with Gasteiger partial charge in [0, 0.05) is 47.8 Å². The summed E-state index contributed by atoms with van der Waals surface area (Å²) in [6.45, 7) is 8.45. The minimum atomic E-state index is -1.35. The molecule has 0 aliphatic carbocycles. The Hall–Kier alpha value is -4.25. The molecule has 380 valence electrons. The van der Waals surface area contributed by atoms with Crippen LogP contribution in [0.1, 0.15) is 181 Å². The molecule has 0 saturated carbocycles. The third-order valence-corrected chi connectivity index (χ3v) is 12.4. The van der Waals surface area contributed by atoms with Crippen LogP contribution in [-0.2, 0) is 63.6 Å². The Balaban J connectivity index is 1.32. The van der Waals surface area contributed by atoms with E-state index in [4.69, 9.17) is 33.2 Å². The van der Waals surface area contributed by atoms with E-state index in [-0.39, 0.29) is 36.2 Å². The number of phenols is 2. The van der Waals surface area contributed by atoms with Gasteiger partial charge in [-0.2, -0.15) is 0 Å². The molecular formula is C51H82N2O14. The van der Waals surface area contributed by atoms with Gasteiger partial charge in [0.2, 0.25) is 5.91 Å². The number of allylic oxidation sites excluding steroid dienone is 1. The van der Waals surface area contributed by atoms with Crippen LogP contribution in [0.5, 0.6) is 11.5 Å². The number of carbonyl (C=O) groups excluding carboxylic acids is 5. The molecule has 67 heavy (non-hydrogen) atoms. The number of methoxy groups -OCH3 is 1. The molecule has 0 aromatic heterocycles. The summed E-state index contributed by atoms with van der Waals surface area (Å²) in [5.41, 5.74) is 2.25. The third kappa shape index (κ3) is 22.2. The van der Waals surface area contributed by atoms with Crippen molar-refractivity contribution in [1.82, 2.24) is 10.6 Å². The maximum Gasteiger partial charge on any atom is 0.303 e. The molecule has 0 bridgehead atoms. The highest BCUT2D eigenvalue weighted by Gasteiger charge is 2.53. The predicted octanol–water partition coefficient (Wildman–Crippen LogP) is 8.26. The monoisotopic (exact) mass is 947 g/mol. The van der Waals surface area contributed by atoms with Gasteiger partial charge in [0.05, 0.1) is 18.2 Å². The third-order valence-electron chi connectivity index (χ3n) is 12.4. The smallest absolute Gasteiger partial charge is 0.303 e. The molecule has 2 aliphatic heterocycles. The van der Waals surface area contributed by atoms with Gasteiger partial charge < -0.3 is 54.0 Å². The zero-order valence-corrected chi connectivity index (χ0v) is 41.4. The topological polar surface area (TPSA) is 214 Å². The number of amides is 1. The maximum atomic E-state index is 12.3. The van der Waals surface area contributed by atoms with Crippen molar-refractivity contribution in [1.29, 1.82) is 0 Å². The second-order valence-corrected chi connectivity index (χ2v) is 18.2. The van der Waals surface area contributed by atoms with E-state index in [0.29, 0.717) is 6.42 Å². The van der Waals surface area contributed by atoms with E-state index in [1.807, 2.05) is 0 Å².